The normalized spacial score (nSPS) is 11.7. The van der Waals surface area contributed by atoms with Crippen molar-refractivity contribution in [3.63, 3.8) is 0 Å². The molecule has 4 rings (SSSR count). The lowest BCUT2D eigenvalue weighted by atomic mass is 9.87. The second kappa shape index (κ2) is 7.13. The maximum absolute atomic E-state index is 10.9. The van der Waals surface area contributed by atoms with E-state index in [9.17, 15) is 10.2 Å². The molecule has 0 amide bonds. The molecule has 4 aromatic rings. The standard InChI is InChI=1S/C23H24N4O2/c1-23(2,3)16-4-6-17(7-5-16)27-21(28)18-10-13-25-20(19(18)22(27)29)26-14-15-8-11-24-12-9-15/h4-13,28-29H,14H2,1-3H3,(H,25,26). The first-order valence-electron chi connectivity index (χ1n) is 9.51. The Morgan fingerprint density at radius 3 is 2.24 bits per heavy atom. The van der Waals surface area contributed by atoms with E-state index in [1.165, 1.54) is 10.1 Å². The van der Waals surface area contributed by atoms with Crippen LogP contribution in [0.4, 0.5) is 5.82 Å². The number of hydrogen-bond donors (Lipinski definition) is 3. The van der Waals surface area contributed by atoms with Crippen LogP contribution >= 0.6 is 0 Å². The summed E-state index contributed by atoms with van der Waals surface area (Å²) in [5.74, 6) is 0.443. The van der Waals surface area contributed by atoms with Crippen LogP contribution in [-0.4, -0.2) is 24.7 Å². The van der Waals surface area contributed by atoms with Gasteiger partial charge in [-0.25, -0.2) is 4.98 Å². The molecule has 0 saturated carbocycles. The second-order valence-electron chi connectivity index (χ2n) is 8.07. The molecule has 148 valence electrons. The molecular weight excluding hydrogens is 364 g/mol. The van der Waals surface area contributed by atoms with Crippen LogP contribution in [0.1, 0.15) is 31.9 Å². The van der Waals surface area contributed by atoms with E-state index >= 15 is 0 Å². The highest BCUT2D eigenvalue weighted by Crippen LogP contribution is 2.42. The molecule has 0 unspecified atom stereocenters. The molecule has 0 fully saturated rings. The smallest absolute Gasteiger partial charge is 0.210 e. The van der Waals surface area contributed by atoms with Crippen LogP contribution in [0.15, 0.2) is 61.1 Å². The number of nitrogens with one attached hydrogen (secondary N) is 1. The third-order valence-corrected chi connectivity index (χ3v) is 5.04. The van der Waals surface area contributed by atoms with Crippen molar-refractivity contribution in [3.8, 4) is 17.4 Å². The molecule has 0 atom stereocenters. The predicted molar refractivity (Wildman–Crippen MR) is 115 cm³/mol. The van der Waals surface area contributed by atoms with Gasteiger partial charge in [-0.15, -0.1) is 0 Å². The van der Waals surface area contributed by atoms with Gasteiger partial charge in [0.2, 0.25) is 11.8 Å². The van der Waals surface area contributed by atoms with Gasteiger partial charge in [0, 0.05) is 25.1 Å². The van der Waals surface area contributed by atoms with Crippen LogP contribution in [0.5, 0.6) is 11.8 Å². The largest absolute Gasteiger partial charge is 0.494 e. The Morgan fingerprint density at radius 1 is 0.897 bits per heavy atom. The summed E-state index contributed by atoms with van der Waals surface area (Å²) in [6, 6.07) is 13.3. The topological polar surface area (TPSA) is 83.2 Å². The van der Waals surface area contributed by atoms with Crippen molar-refractivity contribution in [3.05, 3.63) is 72.2 Å². The molecule has 1 aromatic carbocycles. The molecule has 3 N–H and O–H groups in total. The van der Waals surface area contributed by atoms with Crippen molar-refractivity contribution < 1.29 is 10.2 Å². The van der Waals surface area contributed by atoms with Crippen LogP contribution in [0.25, 0.3) is 16.5 Å². The van der Waals surface area contributed by atoms with Crippen LogP contribution < -0.4 is 5.32 Å². The highest BCUT2D eigenvalue weighted by atomic mass is 16.3. The van der Waals surface area contributed by atoms with Crippen LogP contribution in [0, 0.1) is 0 Å². The minimum atomic E-state index is -0.0497. The zero-order valence-corrected chi connectivity index (χ0v) is 16.7. The monoisotopic (exact) mass is 388 g/mol. The Kier molecular flexibility index (Phi) is 4.62. The average Bonchev–Trinajstić information content (AvgIpc) is 2.97. The molecular formula is C23H24N4O2. The lowest BCUT2D eigenvalue weighted by molar-refractivity contribution is 0.406. The Labute approximate surface area is 169 Å². The van der Waals surface area contributed by atoms with Crippen molar-refractivity contribution in [2.75, 3.05) is 5.32 Å². The molecule has 3 heterocycles. The number of aromatic nitrogens is 3. The Morgan fingerprint density at radius 2 is 1.59 bits per heavy atom. The summed E-state index contributed by atoms with van der Waals surface area (Å²) < 4.78 is 1.44. The molecule has 0 aliphatic heterocycles. The third kappa shape index (κ3) is 3.49. The zero-order valence-electron chi connectivity index (χ0n) is 16.7. The summed E-state index contributed by atoms with van der Waals surface area (Å²) in [6.45, 7) is 6.97. The molecule has 0 aliphatic carbocycles. The summed E-state index contributed by atoms with van der Waals surface area (Å²) >= 11 is 0. The number of anilines is 1. The molecule has 0 radical (unpaired) electrons. The van der Waals surface area contributed by atoms with Crippen molar-refractivity contribution >= 4 is 16.6 Å². The van der Waals surface area contributed by atoms with Crippen molar-refractivity contribution in [2.24, 2.45) is 0 Å². The average molecular weight is 388 g/mol. The van der Waals surface area contributed by atoms with Crippen LogP contribution in [0.3, 0.4) is 0 Å². The number of aromatic hydroxyl groups is 2. The van der Waals surface area contributed by atoms with Crippen molar-refractivity contribution in [1.82, 2.24) is 14.5 Å². The van der Waals surface area contributed by atoms with Gasteiger partial charge < -0.3 is 15.5 Å². The number of pyridine rings is 2. The van der Waals surface area contributed by atoms with Crippen molar-refractivity contribution in [2.45, 2.75) is 32.7 Å². The summed E-state index contributed by atoms with van der Waals surface area (Å²) in [5.41, 5.74) is 2.93. The summed E-state index contributed by atoms with van der Waals surface area (Å²) in [4.78, 5) is 8.38. The van der Waals surface area contributed by atoms with E-state index in [2.05, 4.69) is 36.1 Å². The fourth-order valence-electron chi connectivity index (χ4n) is 3.38. The van der Waals surface area contributed by atoms with Gasteiger partial charge >= 0.3 is 0 Å². The summed E-state index contributed by atoms with van der Waals surface area (Å²) in [7, 11) is 0. The summed E-state index contributed by atoms with van der Waals surface area (Å²) in [5, 5.41) is 26.0. The second-order valence-corrected chi connectivity index (χ2v) is 8.07. The van der Waals surface area contributed by atoms with Gasteiger partial charge in [-0.2, -0.15) is 0 Å². The first-order chi connectivity index (χ1) is 13.9. The number of benzene rings is 1. The molecule has 29 heavy (non-hydrogen) atoms. The minimum Gasteiger partial charge on any atom is -0.494 e. The van der Waals surface area contributed by atoms with E-state index in [0.29, 0.717) is 28.8 Å². The van der Waals surface area contributed by atoms with E-state index in [1.807, 2.05) is 36.4 Å². The maximum Gasteiger partial charge on any atom is 0.210 e. The van der Waals surface area contributed by atoms with E-state index in [-0.39, 0.29) is 17.2 Å². The SMILES string of the molecule is CC(C)(C)c1ccc(-n2c(O)c3ccnc(NCc4ccncc4)c3c2O)cc1. The fourth-order valence-corrected chi connectivity index (χ4v) is 3.38. The Hall–Kier alpha value is -3.54. The summed E-state index contributed by atoms with van der Waals surface area (Å²) in [6.07, 6.45) is 5.07. The molecule has 0 saturated heterocycles. The first kappa shape index (κ1) is 18.8. The van der Waals surface area contributed by atoms with Gasteiger partial charge in [0.1, 0.15) is 5.82 Å². The van der Waals surface area contributed by atoms with Gasteiger partial charge in [0.25, 0.3) is 0 Å². The Bertz CT molecular complexity index is 1140. The van der Waals surface area contributed by atoms with Crippen LogP contribution in [0.2, 0.25) is 0 Å². The number of rotatable bonds is 4. The minimum absolute atomic E-state index is 0.0182. The number of fused-ring (bicyclic) bond motifs is 1. The number of hydrogen-bond acceptors (Lipinski definition) is 5. The van der Waals surface area contributed by atoms with Gasteiger partial charge in [0.05, 0.1) is 16.5 Å². The highest BCUT2D eigenvalue weighted by Gasteiger charge is 2.21. The molecule has 0 bridgehead atoms. The molecule has 0 spiro atoms. The molecule has 6 heteroatoms. The van der Waals surface area contributed by atoms with E-state index in [0.717, 1.165) is 5.56 Å². The Balaban J connectivity index is 1.75. The van der Waals surface area contributed by atoms with Crippen molar-refractivity contribution in [1.29, 1.82) is 0 Å². The fraction of sp³-hybridized carbons (Fsp3) is 0.217. The zero-order chi connectivity index (χ0) is 20.6. The predicted octanol–water partition coefficient (Wildman–Crippen LogP) is 4.74. The van der Waals surface area contributed by atoms with E-state index in [4.69, 9.17) is 0 Å². The van der Waals surface area contributed by atoms with Crippen LogP contribution in [-0.2, 0) is 12.0 Å². The molecule has 6 nitrogen and oxygen atoms in total. The maximum atomic E-state index is 10.9. The van der Waals surface area contributed by atoms with Gasteiger partial charge in [-0.1, -0.05) is 32.9 Å². The number of nitrogens with zero attached hydrogens (tertiary/aromatic N) is 3. The lowest BCUT2D eigenvalue weighted by Gasteiger charge is -2.19. The van der Waals surface area contributed by atoms with Gasteiger partial charge in [-0.05, 0) is 46.9 Å². The van der Waals surface area contributed by atoms with Gasteiger partial charge in [0.15, 0.2) is 0 Å². The van der Waals surface area contributed by atoms with Gasteiger partial charge in [-0.3, -0.25) is 9.55 Å². The lowest BCUT2D eigenvalue weighted by Crippen LogP contribution is -2.10. The van der Waals surface area contributed by atoms with E-state index < -0.39 is 0 Å². The third-order valence-electron chi connectivity index (χ3n) is 5.04. The molecule has 3 aromatic heterocycles. The molecule has 0 aliphatic rings. The highest BCUT2D eigenvalue weighted by molar-refractivity contribution is 6.01. The van der Waals surface area contributed by atoms with E-state index in [1.54, 1.807) is 24.7 Å². The first-order valence-corrected chi connectivity index (χ1v) is 9.51. The quantitative estimate of drug-likeness (QED) is 0.470.